The largest absolute Gasteiger partial charge is 0.459 e. The quantitative estimate of drug-likeness (QED) is 0.709. The topological polar surface area (TPSA) is 29.5 Å². The van der Waals surface area contributed by atoms with Gasteiger partial charge in [-0.05, 0) is 59.0 Å². The van der Waals surface area contributed by atoms with Crippen LogP contribution in [0, 0.1) is 5.92 Å². The first-order valence-electron chi connectivity index (χ1n) is 6.76. The van der Waals surface area contributed by atoms with E-state index < -0.39 is 0 Å². The van der Waals surface area contributed by atoms with Crippen LogP contribution in [0.2, 0.25) is 0 Å². The number of carbonyl (C=O) groups is 1. The van der Waals surface area contributed by atoms with Gasteiger partial charge in [-0.2, -0.15) is 0 Å². The number of hydrogen-bond acceptors (Lipinski definition) is 3. The summed E-state index contributed by atoms with van der Waals surface area (Å²) in [5.74, 6) is 0.473. The molecule has 0 aromatic rings. The summed E-state index contributed by atoms with van der Waals surface area (Å²) in [5.41, 5.74) is -0.383. The molecular formula is C14H27NO2. The predicted molar refractivity (Wildman–Crippen MR) is 69.9 cm³/mol. The van der Waals surface area contributed by atoms with Gasteiger partial charge < -0.3 is 4.74 Å². The maximum Gasteiger partial charge on any atom is 0.323 e. The highest BCUT2D eigenvalue weighted by Crippen LogP contribution is 2.21. The lowest BCUT2D eigenvalue weighted by atomic mass is 10.0. The van der Waals surface area contributed by atoms with Gasteiger partial charge in [0, 0.05) is 0 Å². The molecule has 0 amide bonds. The van der Waals surface area contributed by atoms with Crippen LogP contribution in [0.15, 0.2) is 0 Å². The van der Waals surface area contributed by atoms with Crippen LogP contribution in [0.3, 0.4) is 0 Å². The Balaban J connectivity index is 2.64. The van der Waals surface area contributed by atoms with Gasteiger partial charge in [-0.25, -0.2) is 0 Å². The number of nitrogens with zero attached hydrogens (tertiary/aromatic N) is 1. The minimum Gasteiger partial charge on any atom is -0.459 e. The molecule has 1 rings (SSSR count). The lowest BCUT2D eigenvalue weighted by Gasteiger charge is -2.30. The molecule has 1 aliphatic heterocycles. The van der Waals surface area contributed by atoms with Crippen molar-refractivity contribution in [1.82, 2.24) is 4.90 Å². The van der Waals surface area contributed by atoms with Gasteiger partial charge >= 0.3 is 5.97 Å². The zero-order valence-electron chi connectivity index (χ0n) is 12.0. The molecular weight excluding hydrogens is 214 g/mol. The molecule has 0 aliphatic carbocycles. The van der Waals surface area contributed by atoms with E-state index in [1.165, 1.54) is 12.8 Å². The molecule has 1 fully saturated rings. The van der Waals surface area contributed by atoms with Gasteiger partial charge in [0.25, 0.3) is 0 Å². The summed E-state index contributed by atoms with van der Waals surface area (Å²) in [6, 6.07) is -0.0447. The summed E-state index contributed by atoms with van der Waals surface area (Å²) < 4.78 is 5.53. The lowest BCUT2D eigenvalue weighted by Crippen LogP contribution is -2.43. The van der Waals surface area contributed by atoms with E-state index in [1.807, 2.05) is 20.8 Å². The first kappa shape index (κ1) is 14.5. The highest BCUT2D eigenvalue weighted by molar-refractivity contribution is 5.76. The summed E-state index contributed by atoms with van der Waals surface area (Å²) >= 11 is 0. The summed E-state index contributed by atoms with van der Waals surface area (Å²) in [6.07, 6.45) is 3.31. The molecule has 0 bridgehead atoms. The molecule has 3 nitrogen and oxygen atoms in total. The van der Waals surface area contributed by atoms with Crippen LogP contribution in [0.5, 0.6) is 0 Å². The van der Waals surface area contributed by atoms with Crippen LogP contribution >= 0.6 is 0 Å². The van der Waals surface area contributed by atoms with Crippen molar-refractivity contribution < 1.29 is 9.53 Å². The van der Waals surface area contributed by atoms with Crippen LogP contribution < -0.4 is 0 Å². The molecule has 1 saturated heterocycles. The lowest BCUT2D eigenvalue weighted by molar-refractivity contribution is -0.161. The molecule has 0 radical (unpaired) electrons. The van der Waals surface area contributed by atoms with Crippen molar-refractivity contribution in [3.63, 3.8) is 0 Å². The standard InChI is InChI=1S/C14H27NO2/c1-11(2)10-12(15-8-6-7-9-15)13(16)17-14(3,4)5/h11-12H,6-10H2,1-5H3/t12-/m0/s1. The van der Waals surface area contributed by atoms with E-state index in [0.717, 1.165) is 19.5 Å². The zero-order chi connectivity index (χ0) is 13.1. The summed E-state index contributed by atoms with van der Waals surface area (Å²) in [5, 5.41) is 0. The van der Waals surface area contributed by atoms with E-state index in [-0.39, 0.29) is 17.6 Å². The minimum atomic E-state index is -0.383. The number of carbonyl (C=O) groups excluding carboxylic acids is 1. The SMILES string of the molecule is CC(C)C[C@@H](C(=O)OC(C)(C)C)N1CCCC1. The highest BCUT2D eigenvalue weighted by atomic mass is 16.6. The van der Waals surface area contributed by atoms with E-state index in [1.54, 1.807) is 0 Å². The van der Waals surface area contributed by atoms with Crippen molar-refractivity contribution in [2.45, 2.75) is 65.5 Å². The van der Waals surface area contributed by atoms with Crippen molar-refractivity contribution in [3.05, 3.63) is 0 Å². The number of hydrogen-bond donors (Lipinski definition) is 0. The first-order chi connectivity index (χ1) is 7.79. The molecule has 0 saturated carbocycles. The number of rotatable bonds is 4. The van der Waals surface area contributed by atoms with Crippen molar-refractivity contribution >= 4 is 5.97 Å². The number of esters is 1. The highest BCUT2D eigenvalue weighted by Gasteiger charge is 2.32. The van der Waals surface area contributed by atoms with Gasteiger partial charge in [0.15, 0.2) is 0 Å². The molecule has 0 spiro atoms. The molecule has 0 aromatic carbocycles. The van der Waals surface area contributed by atoms with Crippen molar-refractivity contribution in [3.8, 4) is 0 Å². The van der Waals surface area contributed by atoms with Crippen LogP contribution in [-0.4, -0.2) is 35.6 Å². The predicted octanol–water partition coefficient (Wildman–Crippen LogP) is 2.84. The van der Waals surface area contributed by atoms with Gasteiger partial charge in [-0.3, -0.25) is 9.69 Å². The molecule has 0 aromatic heterocycles. The third-order valence-corrected chi connectivity index (χ3v) is 2.95. The van der Waals surface area contributed by atoms with Gasteiger partial charge in [-0.1, -0.05) is 13.8 Å². The maximum absolute atomic E-state index is 12.2. The molecule has 1 atom stereocenters. The van der Waals surface area contributed by atoms with Crippen molar-refractivity contribution in [2.24, 2.45) is 5.92 Å². The Hall–Kier alpha value is -0.570. The van der Waals surface area contributed by atoms with Crippen molar-refractivity contribution in [1.29, 1.82) is 0 Å². The minimum absolute atomic E-state index is 0.0447. The average molecular weight is 241 g/mol. The molecule has 1 heterocycles. The van der Waals surface area contributed by atoms with Gasteiger partial charge in [0.2, 0.25) is 0 Å². The third kappa shape index (κ3) is 5.07. The fraction of sp³-hybridized carbons (Fsp3) is 0.929. The monoisotopic (exact) mass is 241 g/mol. The smallest absolute Gasteiger partial charge is 0.323 e. The molecule has 100 valence electrons. The van der Waals surface area contributed by atoms with Gasteiger partial charge in [-0.15, -0.1) is 0 Å². The normalized spacial score (nSPS) is 19.6. The molecule has 1 aliphatic rings. The maximum atomic E-state index is 12.2. The van der Waals surface area contributed by atoms with Gasteiger partial charge in [0.05, 0.1) is 0 Å². The first-order valence-corrected chi connectivity index (χ1v) is 6.76. The van der Waals surface area contributed by atoms with Gasteiger partial charge in [0.1, 0.15) is 11.6 Å². The molecule has 17 heavy (non-hydrogen) atoms. The van der Waals surface area contributed by atoms with E-state index in [9.17, 15) is 4.79 Å². The summed E-state index contributed by atoms with van der Waals surface area (Å²) in [7, 11) is 0. The number of likely N-dealkylation sites (tertiary alicyclic amines) is 1. The molecule has 3 heteroatoms. The third-order valence-electron chi connectivity index (χ3n) is 2.95. The Bertz CT molecular complexity index is 249. The Morgan fingerprint density at radius 3 is 2.18 bits per heavy atom. The van der Waals surface area contributed by atoms with E-state index in [2.05, 4.69) is 18.7 Å². The summed E-state index contributed by atoms with van der Waals surface area (Å²) in [6.45, 7) is 12.2. The average Bonchev–Trinajstić information content (AvgIpc) is 2.63. The second-order valence-corrected chi connectivity index (χ2v) is 6.42. The van der Waals surface area contributed by atoms with Crippen LogP contribution in [0.25, 0.3) is 0 Å². The van der Waals surface area contributed by atoms with E-state index in [0.29, 0.717) is 5.92 Å². The Kier molecular flexibility index (Phi) is 4.99. The van der Waals surface area contributed by atoms with E-state index in [4.69, 9.17) is 4.74 Å². The van der Waals surface area contributed by atoms with Crippen molar-refractivity contribution in [2.75, 3.05) is 13.1 Å². The Labute approximate surface area is 106 Å². The molecule has 0 unspecified atom stereocenters. The second kappa shape index (κ2) is 5.85. The van der Waals surface area contributed by atoms with E-state index >= 15 is 0 Å². The van der Waals surface area contributed by atoms with Crippen LogP contribution in [-0.2, 0) is 9.53 Å². The number of ether oxygens (including phenoxy) is 1. The zero-order valence-corrected chi connectivity index (χ0v) is 12.0. The Morgan fingerprint density at radius 2 is 1.76 bits per heavy atom. The second-order valence-electron chi connectivity index (χ2n) is 6.42. The van der Waals surface area contributed by atoms with Crippen LogP contribution in [0.1, 0.15) is 53.9 Å². The molecule has 0 N–H and O–H groups in total. The van der Waals surface area contributed by atoms with Crippen LogP contribution in [0.4, 0.5) is 0 Å². The summed E-state index contributed by atoms with van der Waals surface area (Å²) in [4.78, 5) is 14.5. The fourth-order valence-electron chi connectivity index (χ4n) is 2.26. The Morgan fingerprint density at radius 1 is 1.24 bits per heavy atom. The fourth-order valence-corrected chi connectivity index (χ4v) is 2.26.